The van der Waals surface area contributed by atoms with E-state index in [1.807, 2.05) is 0 Å². The number of aliphatic carboxylic acids is 1. The monoisotopic (exact) mass is 373 g/mol. The van der Waals surface area contributed by atoms with Crippen LogP contribution in [-0.2, 0) is 17.8 Å². The third-order valence-corrected chi connectivity index (χ3v) is 5.12. The van der Waals surface area contributed by atoms with Gasteiger partial charge in [-0.15, -0.1) is 0 Å². The SMILES string of the molecule is Cc1coc(CC(=O)O)c1C(=O)N(Cc1ccc(F)cc1)C1CCCCC1. The molecule has 1 aromatic carbocycles. The number of nitrogens with zero attached hydrogens (tertiary/aromatic N) is 1. The summed E-state index contributed by atoms with van der Waals surface area (Å²) in [5.74, 6) is -1.39. The molecule has 5 nitrogen and oxygen atoms in total. The Morgan fingerprint density at radius 2 is 1.85 bits per heavy atom. The van der Waals surface area contributed by atoms with E-state index in [1.165, 1.54) is 18.4 Å². The second kappa shape index (κ2) is 8.37. The molecule has 1 heterocycles. The van der Waals surface area contributed by atoms with E-state index in [0.717, 1.165) is 37.7 Å². The maximum atomic E-state index is 13.4. The van der Waals surface area contributed by atoms with Gasteiger partial charge in [0.05, 0.1) is 11.8 Å². The summed E-state index contributed by atoms with van der Waals surface area (Å²) in [6.07, 6.45) is 6.21. The fraction of sp³-hybridized carbons (Fsp3) is 0.429. The van der Waals surface area contributed by atoms with Crippen LogP contribution in [0, 0.1) is 12.7 Å². The summed E-state index contributed by atoms with van der Waals surface area (Å²) in [5.41, 5.74) is 1.82. The molecule has 0 bridgehead atoms. The van der Waals surface area contributed by atoms with Gasteiger partial charge in [-0.05, 0) is 37.5 Å². The zero-order chi connectivity index (χ0) is 19.4. The molecule has 1 aliphatic carbocycles. The number of benzene rings is 1. The van der Waals surface area contributed by atoms with Crippen molar-refractivity contribution in [2.75, 3.05) is 0 Å². The fourth-order valence-corrected chi connectivity index (χ4v) is 3.74. The number of halogens is 1. The third kappa shape index (κ3) is 4.56. The Labute approximate surface area is 157 Å². The molecular formula is C21H24FNO4. The van der Waals surface area contributed by atoms with Crippen molar-refractivity contribution in [3.63, 3.8) is 0 Å². The number of rotatable bonds is 6. The molecule has 1 N–H and O–H groups in total. The number of hydrogen-bond acceptors (Lipinski definition) is 3. The fourth-order valence-electron chi connectivity index (χ4n) is 3.74. The highest BCUT2D eigenvalue weighted by Gasteiger charge is 2.30. The molecule has 0 unspecified atom stereocenters. The lowest BCUT2D eigenvalue weighted by molar-refractivity contribution is -0.136. The Hall–Kier alpha value is -2.63. The number of carbonyl (C=O) groups excluding carboxylic acids is 1. The van der Waals surface area contributed by atoms with Crippen LogP contribution in [-0.4, -0.2) is 27.9 Å². The molecule has 27 heavy (non-hydrogen) atoms. The van der Waals surface area contributed by atoms with E-state index in [0.29, 0.717) is 17.7 Å². The first-order valence-electron chi connectivity index (χ1n) is 9.30. The van der Waals surface area contributed by atoms with Crippen molar-refractivity contribution in [1.82, 2.24) is 4.90 Å². The maximum absolute atomic E-state index is 13.4. The molecule has 0 aliphatic heterocycles. The van der Waals surface area contributed by atoms with Crippen molar-refractivity contribution in [2.45, 2.75) is 58.0 Å². The van der Waals surface area contributed by atoms with Gasteiger partial charge in [0.15, 0.2) is 0 Å². The Balaban J connectivity index is 1.92. The molecule has 144 valence electrons. The lowest BCUT2D eigenvalue weighted by atomic mass is 9.93. The van der Waals surface area contributed by atoms with E-state index in [-0.39, 0.29) is 29.9 Å². The topological polar surface area (TPSA) is 70.7 Å². The van der Waals surface area contributed by atoms with Crippen LogP contribution in [0.4, 0.5) is 4.39 Å². The van der Waals surface area contributed by atoms with Gasteiger partial charge in [0.2, 0.25) is 0 Å². The van der Waals surface area contributed by atoms with Crippen molar-refractivity contribution in [3.05, 3.63) is 58.8 Å². The summed E-state index contributed by atoms with van der Waals surface area (Å²) in [7, 11) is 0. The van der Waals surface area contributed by atoms with Gasteiger partial charge < -0.3 is 14.4 Å². The average Bonchev–Trinajstić information content (AvgIpc) is 3.01. The van der Waals surface area contributed by atoms with Crippen LogP contribution in [0.5, 0.6) is 0 Å². The Morgan fingerprint density at radius 1 is 1.19 bits per heavy atom. The van der Waals surface area contributed by atoms with Crippen LogP contribution in [0.15, 0.2) is 34.9 Å². The summed E-state index contributed by atoms with van der Waals surface area (Å²) in [4.78, 5) is 26.3. The molecule has 6 heteroatoms. The van der Waals surface area contributed by atoms with Crippen molar-refractivity contribution in [1.29, 1.82) is 0 Å². The third-order valence-electron chi connectivity index (χ3n) is 5.12. The predicted octanol–water partition coefficient (Wildman–Crippen LogP) is 4.33. The van der Waals surface area contributed by atoms with Crippen molar-refractivity contribution in [2.24, 2.45) is 0 Å². The lowest BCUT2D eigenvalue weighted by Crippen LogP contribution is -2.41. The minimum atomic E-state index is -1.04. The standard InChI is InChI=1S/C21H24FNO4/c1-14-13-27-18(11-19(24)25)20(14)21(26)23(17-5-3-2-4-6-17)12-15-7-9-16(22)10-8-15/h7-10,13,17H,2-6,11-12H2,1H3,(H,24,25). The number of furan rings is 1. The van der Waals surface area contributed by atoms with Gasteiger partial charge in [0, 0.05) is 18.2 Å². The Morgan fingerprint density at radius 3 is 2.48 bits per heavy atom. The first kappa shape index (κ1) is 19.1. The summed E-state index contributed by atoms with van der Waals surface area (Å²) < 4.78 is 18.6. The minimum Gasteiger partial charge on any atom is -0.481 e. The summed E-state index contributed by atoms with van der Waals surface area (Å²) >= 11 is 0. The van der Waals surface area contributed by atoms with Crippen molar-refractivity contribution in [3.8, 4) is 0 Å². The number of carbonyl (C=O) groups is 2. The maximum Gasteiger partial charge on any atom is 0.311 e. The summed E-state index contributed by atoms with van der Waals surface area (Å²) in [5, 5.41) is 9.11. The largest absolute Gasteiger partial charge is 0.481 e. The molecule has 0 radical (unpaired) electrons. The van der Waals surface area contributed by atoms with Crippen LogP contribution >= 0.6 is 0 Å². The van der Waals surface area contributed by atoms with E-state index in [4.69, 9.17) is 9.52 Å². The van der Waals surface area contributed by atoms with E-state index < -0.39 is 5.97 Å². The van der Waals surface area contributed by atoms with E-state index >= 15 is 0 Å². The first-order chi connectivity index (χ1) is 13.0. The Bertz CT molecular complexity index is 806. The van der Waals surface area contributed by atoms with Crippen molar-refractivity contribution < 1.29 is 23.5 Å². The molecule has 3 rings (SSSR count). The normalized spacial score (nSPS) is 14.9. The van der Waals surface area contributed by atoms with E-state index in [9.17, 15) is 14.0 Å². The molecule has 1 fully saturated rings. The molecule has 0 atom stereocenters. The highest BCUT2D eigenvalue weighted by Crippen LogP contribution is 2.28. The van der Waals surface area contributed by atoms with Crippen LogP contribution < -0.4 is 0 Å². The lowest BCUT2D eigenvalue weighted by Gasteiger charge is -2.34. The molecule has 1 saturated carbocycles. The molecule has 1 amide bonds. The van der Waals surface area contributed by atoms with E-state index in [2.05, 4.69) is 0 Å². The van der Waals surface area contributed by atoms with Gasteiger partial charge >= 0.3 is 5.97 Å². The quantitative estimate of drug-likeness (QED) is 0.818. The average molecular weight is 373 g/mol. The highest BCUT2D eigenvalue weighted by atomic mass is 19.1. The molecule has 0 saturated heterocycles. The van der Waals surface area contributed by atoms with Crippen molar-refractivity contribution >= 4 is 11.9 Å². The number of aryl methyl sites for hydroxylation is 1. The second-order valence-corrected chi connectivity index (χ2v) is 7.14. The van der Waals surface area contributed by atoms with Gasteiger partial charge in [0.25, 0.3) is 5.91 Å². The van der Waals surface area contributed by atoms with Crippen LogP contribution in [0.2, 0.25) is 0 Å². The highest BCUT2D eigenvalue weighted by molar-refractivity contribution is 5.97. The van der Waals surface area contributed by atoms with Gasteiger partial charge in [-0.2, -0.15) is 0 Å². The van der Waals surface area contributed by atoms with Crippen LogP contribution in [0.25, 0.3) is 0 Å². The molecule has 2 aromatic rings. The number of amides is 1. The number of hydrogen-bond donors (Lipinski definition) is 1. The zero-order valence-electron chi connectivity index (χ0n) is 15.4. The zero-order valence-corrected chi connectivity index (χ0v) is 15.4. The number of carboxylic acid groups (broad SMARTS) is 1. The molecule has 1 aliphatic rings. The predicted molar refractivity (Wildman–Crippen MR) is 97.9 cm³/mol. The smallest absolute Gasteiger partial charge is 0.311 e. The minimum absolute atomic E-state index is 0.0864. The summed E-state index contributed by atoms with van der Waals surface area (Å²) in [6.45, 7) is 2.11. The van der Waals surface area contributed by atoms with Gasteiger partial charge in [0.1, 0.15) is 18.0 Å². The van der Waals surface area contributed by atoms with E-state index in [1.54, 1.807) is 24.0 Å². The second-order valence-electron chi connectivity index (χ2n) is 7.14. The first-order valence-corrected chi connectivity index (χ1v) is 9.30. The molecule has 1 aromatic heterocycles. The molecule has 0 spiro atoms. The molecular weight excluding hydrogens is 349 g/mol. The Kier molecular flexibility index (Phi) is 5.94. The van der Waals surface area contributed by atoms with Gasteiger partial charge in [-0.3, -0.25) is 9.59 Å². The van der Waals surface area contributed by atoms with Crippen LogP contribution in [0.1, 0.15) is 59.3 Å². The number of carboxylic acids is 1. The summed E-state index contributed by atoms with van der Waals surface area (Å²) in [6, 6.07) is 6.22. The van der Waals surface area contributed by atoms with Gasteiger partial charge in [-0.1, -0.05) is 31.4 Å². The van der Waals surface area contributed by atoms with Gasteiger partial charge in [-0.25, -0.2) is 4.39 Å². The van der Waals surface area contributed by atoms with Crippen LogP contribution in [0.3, 0.4) is 0 Å².